The Hall–Kier alpha value is -2.35. The lowest BCUT2D eigenvalue weighted by Gasteiger charge is -2.05. The molecule has 0 radical (unpaired) electrons. The number of aromatic nitrogens is 1. The molecule has 3 rings (SSSR count). The van der Waals surface area contributed by atoms with Gasteiger partial charge < -0.3 is 10.1 Å². The van der Waals surface area contributed by atoms with E-state index in [1.165, 1.54) is 6.07 Å². The maximum Gasteiger partial charge on any atom is 0.416 e. The number of aryl methyl sites for hydroxylation is 1. The highest BCUT2D eigenvalue weighted by atomic mass is 79.9. The molecule has 24 heavy (non-hydrogen) atoms. The van der Waals surface area contributed by atoms with Crippen LogP contribution in [0.4, 0.5) is 24.5 Å². The second kappa shape index (κ2) is 5.94. The zero-order valence-corrected chi connectivity index (χ0v) is 13.9. The van der Waals surface area contributed by atoms with Crippen molar-refractivity contribution in [2.75, 3.05) is 0 Å². The second-order valence-corrected chi connectivity index (χ2v) is 6.07. The van der Waals surface area contributed by atoms with Gasteiger partial charge in [-0.15, -0.1) is 5.11 Å². The highest BCUT2D eigenvalue weighted by Gasteiger charge is 2.31. The van der Waals surface area contributed by atoms with Gasteiger partial charge in [0.05, 0.1) is 16.8 Å². The van der Waals surface area contributed by atoms with Crippen LogP contribution < -0.4 is 0 Å². The van der Waals surface area contributed by atoms with Crippen molar-refractivity contribution in [1.29, 1.82) is 0 Å². The molecule has 1 aromatic heterocycles. The number of alkyl halides is 3. The van der Waals surface area contributed by atoms with Crippen molar-refractivity contribution in [3.8, 4) is 5.88 Å². The number of fused-ring (bicyclic) bond motifs is 1. The lowest BCUT2D eigenvalue weighted by Crippen LogP contribution is -2.03. The van der Waals surface area contributed by atoms with Crippen molar-refractivity contribution in [1.82, 2.24) is 4.98 Å². The van der Waals surface area contributed by atoms with E-state index in [-0.39, 0.29) is 17.0 Å². The normalized spacial score (nSPS) is 12.4. The topological polar surface area (TPSA) is 60.7 Å². The first-order valence-corrected chi connectivity index (χ1v) is 7.65. The molecule has 0 atom stereocenters. The summed E-state index contributed by atoms with van der Waals surface area (Å²) in [4.78, 5) is 2.59. The summed E-state index contributed by atoms with van der Waals surface area (Å²) < 4.78 is 39.5. The fraction of sp³-hybridized carbons (Fsp3) is 0.125. The van der Waals surface area contributed by atoms with Crippen LogP contribution in [0.25, 0.3) is 10.9 Å². The van der Waals surface area contributed by atoms with E-state index in [0.717, 1.165) is 22.2 Å². The van der Waals surface area contributed by atoms with E-state index >= 15 is 0 Å². The van der Waals surface area contributed by atoms with Crippen LogP contribution in [0.1, 0.15) is 11.1 Å². The summed E-state index contributed by atoms with van der Waals surface area (Å²) in [6.07, 6.45) is -4.47. The molecule has 0 saturated heterocycles. The van der Waals surface area contributed by atoms with Crippen LogP contribution in [-0.2, 0) is 6.18 Å². The molecular weight excluding hydrogens is 387 g/mol. The van der Waals surface area contributed by atoms with Gasteiger partial charge >= 0.3 is 6.18 Å². The Morgan fingerprint density at radius 2 is 1.83 bits per heavy atom. The Kier molecular flexibility index (Phi) is 4.08. The molecule has 1 heterocycles. The van der Waals surface area contributed by atoms with Crippen LogP contribution in [0.5, 0.6) is 5.88 Å². The van der Waals surface area contributed by atoms with Crippen LogP contribution in [0.15, 0.2) is 51.1 Å². The van der Waals surface area contributed by atoms with Crippen molar-refractivity contribution in [3.05, 3.63) is 52.0 Å². The van der Waals surface area contributed by atoms with E-state index in [0.29, 0.717) is 11.2 Å². The number of hydrogen-bond acceptors (Lipinski definition) is 3. The van der Waals surface area contributed by atoms with Crippen LogP contribution in [0.2, 0.25) is 0 Å². The molecule has 3 aromatic rings. The molecular formula is C16H11BrF3N3O. The second-order valence-electron chi connectivity index (χ2n) is 5.21. The summed E-state index contributed by atoms with van der Waals surface area (Å²) in [5, 5.41) is 18.0. The number of aromatic amines is 1. The van der Waals surface area contributed by atoms with E-state index < -0.39 is 11.7 Å². The zero-order chi connectivity index (χ0) is 17.5. The molecule has 2 N–H and O–H groups in total. The molecule has 0 unspecified atom stereocenters. The Labute approximate surface area is 143 Å². The smallest absolute Gasteiger partial charge is 0.416 e. The van der Waals surface area contributed by atoms with Crippen molar-refractivity contribution in [2.24, 2.45) is 10.2 Å². The summed E-state index contributed by atoms with van der Waals surface area (Å²) in [5.41, 5.74) is 0.966. The summed E-state index contributed by atoms with van der Waals surface area (Å²) in [7, 11) is 0. The number of nitrogens with one attached hydrogen (secondary N) is 1. The van der Waals surface area contributed by atoms with E-state index in [1.807, 2.05) is 6.92 Å². The minimum Gasteiger partial charge on any atom is -0.493 e. The Balaban J connectivity index is 2.06. The average molecular weight is 398 g/mol. The number of rotatable bonds is 2. The molecule has 0 aliphatic carbocycles. The molecule has 0 aliphatic heterocycles. The van der Waals surface area contributed by atoms with Gasteiger partial charge in [0.2, 0.25) is 5.88 Å². The number of azo groups is 1. The third-order valence-corrected chi connectivity index (χ3v) is 4.38. The lowest BCUT2D eigenvalue weighted by atomic mass is 10.1. The van der Waals surface area contributed by atoms with Gasteiger partial charge in [0.25, 0.3) is 0 Å². The molecule has 0 spiro atoms. The fourth-order valence-electron chi connectivity index (χ4n) is 2.24. The van der Waals surface area contributed by atoms with E-state index in [4.69, 9.17) is 0 Å². The number of halogens is 4. The molecule has 0 aliphatic rings. The molecule has 0 amide bonds. The van der Waals surface area contributed by atoms with Crippen LogP contribution >= 0.6 is 15.9 Å². The van der Waals surface area contributed by atoms with Crippen LogP contribution in [0.3, 0.4) is 0 Å². The molecule has 4 nitrogen and oxygen atoms in total. The van der Waals surface area contributed by atoms with Gasteiger partial charge in [-0.1, -0.05) is 15.9 Å². The third kappa shape index (κ3) is 3.14. The van der Waals surface area contributed by atoms with Crippen molar-refractivity contribution in [3.63, 3.8) is 0 Å². The number of aromatic hydroxyl groups is 1. The largest absolute Gasteiger partial charge is 0.493 e. The molecule has 0 fully saturated rings. The first-order valence-electron chi connectivity index (χ1n) is 6.85. The van der Waals surface area contributed by atoms with Gasteiger partial charge in [0.15, 0.2) is 5.69 Å². The maximum absolute atomic E-state index is 12.9. The van der Waals surface area contributed by atoms with E-state index in [9.17, 15) is 18.3 Å². The molecule has 0 saturated carbocycles. The fourth-order valence-corrected chi connectivity index (χ4v) is 2.49. The van der Waals surface area contributed by atoms with Gasteiger partial charge in [0.1, 0.15) is 0 Å². The highest BCUT2D eigenvalue weighted by molar-refractivity contribution is 9.10. The highest BCUT2D eigenvalue weighted by Crippen LogP contribution is 2.39. The van der Waals surface area contributed by atoms with Gasteiger partial charge in [0, 0.05) is 9.86 Å². The molecule has 2 aromatic carbocycles. The summed E-state index contributed by atoms with van der Waals surface area (Å²) in [5.74, 6) is -0.332. The minimum absolute atomic E-state index is 0.0309. The van der Waals surface area contributed by atoms with Gasteiger partial charge in [-0.3, -0.25) is 0 Å². The van der Waals surface area contributed by atoms with Gasteiger partial charge in [-0.2, -0.15) is 18.3 Å². The average Bonchev–Trinajstić information content (AvgIpc) is 2.82. The minimum atomic E-state index is -4.47. The van der Waals surface area contributed by atoms with Crippen LogP contribution in [0, 0.1) is 6.92 Å². The van der Waals surface area contributed by atoms with Gasteiger partial charge in [-0.05, 0) is 48.9 Å². The first kappa shape index (κ1) is 16.5. The standard InChI is InChI=1S/C16H11BrF3N3O/c1-8-6-10(3-4-12(8)17)22-23-14-11-7-9(16(18,19)20)2-5-13(11)21-15(14)24/h2-7,21,24H,1H3. The Morgan fingerprint density at radius 1 is 1.08 bits per heavy atom. The maximum atomic E-state index is 12.9. The Bertz CT molecular complexity index is 948. The summed E-state index contributed by atoms with van der Waals surface area (Å²) >= 11 is 3.37. The molecule has 124 valence electrons. The predicted octanol–water partition coefficient (Wildman–Crippen LogP) is 6.38. The van der Waals surface area contributed by atoms with Crippen molar-refractivity contribution < 1.29 is 18.3 Å². The SMILES string of the molecule is Cc1cc(N=Nc2c(O)[nH]c3ccc(C(F)(F)F)cc23)ccc1Br. The number of hydrogen-bond donors (Lipinski definition) is 2. The van der Waals surface area contributed by atoms with E-state index in [1.54, 1.807) is 18.2 Å². The van der Waals surface area contributed by atoms with Crippen molar-refractivity contribution >= 4 is 38.2 Å². The van der Waals surface area contributed by atoms with Crippen LogP contribution in [-0.4, -0.2) is 10.1 Å². The zero-order valence-electron chi connectivity index (χ0n) is 12.3. The van der Waals surface area contributed by atoms with Crippen molar-refractivity contribution in [2.45, 2.75) is 13.1 Å². The van der Waals surface area contributed by atoms with Gasteiger partial charge in [-0.25, -0.2) is 0 Å². The quantitative estimate of drug-likeness (QED) is 0.484. The monoisotopic (exact) mass is 397 g/mol. The van der Waals surface area contributed by atoms with E-state index in [2.05, 4.69) is 31.1 Å². The first-order chi connectivity index (χ1) is 11.3. The predicted molar refractivity (Wildman–Crippen MR) is 88.0 cm³/mol. The number of nitrogens with zero attached hydrogens (tertiary/aromatic N) is 2. The summed E-state index contributed by atoms with van der Waals surface area (Å²) in [6.45, 7) is 1.88. The Morgan fingerprint density at radius 3 is 2.50 bits per heavy atom. The molecule has 8 heteroatoms. The third-order valence-electron chi connectivity index (χ3n) is 3.49. The molecule has 0 bridgehead atoms. The number of benzene rings is 2. The lowest BCUT2D eigenvalue weighted by molar-refractivity contribution is -0.137. The summed E-state index contributed by atoms with van der Waals surface area (Å²) in [6, 6.07) is 8.39. The number of H-pyrrole nitrogens is 1.